The third kappa shape index (κ3) is 1.74. The second-order valence-corrected chi connectivity index (χ2v) is 3.65. The number of ketones is 1. The van der Waals surface area contributed by atoms with Gasteiger partial charge >= 0.3 is 0 Å². The van der Waals surface area contributed by atoms with Crippen molar-refractivity contribution in [2.45, 2.75) is 6.92 Å². The van der Waals surface area contributed by atoms with Gasteiger partial charge in [0, 0.05) is 9.13 Å². The van der Waals surface area contributed by atoms with Crippen LogP contribution in [0.5, 0.6) is 0 Å². The Balaban J connectivity index is 3.37. The lowest BCUT2D eigenvalue weighted by molar-refractivity contribution is 0.101. The minimum Gasteiger partial charge on any atom is -0.396 e. The van der Waals surface area contributed by atoms with Crippen molar-refractivity contribution in [2.75, 3.05) is 5.73 Å². The van der Waals surface area contributed by atoms with Gasteiger partial charge < -0.3 is 5.73 Å². The number of hydrogen-bond acceptors (Lipinski definition) is 2. The van der Waals surface area contributed by atoms with Gasteiger partial charge in [-0.2, -0.15) is 0 Å². The molecule has 0 aliphatic rings. The van der Waals surface area contributed by atoms with E-state index in [0.29, 0.717) is 3.57 Å². The Hall–Kier alpha value is -0.650. The SMILES string of the molecule is CC(=O)c1cc(I)cc(F)c1N. The molecule has 0 aromatic heterocycles. The summed E-state index contributed by atoms with van der Waals surface area (Å²) in [6, 6.07) is 2.86. The fourth-order valence-corrected chi connectivity index (χ4v) is 1.46. The Morgan fingerprint density at radius 1 is 1.58 bits per heavy atom. The smallest absolute Gasteiger partial charge is 0.162 e. The summed E-state index contributed by atoms with van der Waals surface area (Å²) in [5.74, 6) is -0.753. The van der Waals surface area contributed by atoms with Crippen LogP contribution in [0.15, 0.2) is 12.1 Å². The van der Waals surface area contributed by atoms with Crippen LogP contribution in [0.1, 0.15) is 17.3 Å². The lowest BCUT2D eigenvalue weighted by Crippen LogP contribution is -2.02. The zero-order valence-corrected chi connectivity index (χ0v) is 8.55. The molecule has 0 aliphatic carbocycles. The van der Waals surface area contributed by atoms with Crippen molar-refractivity contribution in [1.29, 1.82) is 0 Å². The average Bonchev–Trinajstić information content (AvgIpc) is 1.96. The highest BCUT2D eigenvalue weighted by Crippen LogP contribution is 2.20. The molecule has 0 unspecified atom stereocenters. The fourth-order valence-electron chi connectivity index (χ4n) is 0.876. The maximum atomic E-state index is 12.9. The Kier molecular flexibility index (Phi) is 2.66. The molecule has 0 amide bonds. The van der Waals surface area contributed by atoms with Gasteiger partial charge in [0.15, 0.2) is 5.78 Å². The fraction of sp³-hybridized carbons (Fsp3) is 0.125. The van der Waals surface area contributed by atoms with E-state index in [9.17, 15) is 9.18 Å². The van der Waals surface area contributed by atoms with Crippen LogP contribution in [0.25, 0.3) is 0 Å². The number of anilines is 1. The summed E-state index contributed by atoms with van der Waals surface area (Å²) < 4.78 is 13.6. The molecule has 0 bridgehead atoms. The number of hydrogen-bond donors (Lipinski definition) is 1. The van der Waals surface area contributed by atoms with Crippen LogP contribution in [-0.2, 0) is 0 Å². The summed E-state index contributed by atoms with van der Waals surface area (Å²) in [5.41, 5.74) is 5.54. The first-order valence-electron chi connectivity index (χ1n) is 3.28. The number of nitrogens with two attached hydrogens (primary N) is 1. The Morgan fingerprint density at radius 2 is 2.17 bits per heavy atom. The number of Topliss-reactive ketones (excluding diaryl/α,β-unsaturated/α-hetero) is 1. The van der Waals surface area contributed by atoms with E-state index in [1.54, 1.807) is 6.07 Å². The monoisotopic (exact) mass is 279 g/mol. The normalized spacial score (nSPS) is 9.92. The van der Waals surface area contributed by atoms with Gasteiger partial charge in [-0.15, -0.1) is 0 Å². The number of carbonyl (C=O) groups excluding carboxylic acids is 1. The Morgan fingerprint density at radius 3 is 2.67 bits per heavy atom. The average molecular weight is 279 g/mol. The first kappa shape index (κ1) is 9.44. The van der Waals surface area contributed by atoms with E-state index in [2.05, 4.69) is 0 Å². The highest BCUT2D eigenvalue weighted by molar-refractivity contribution is 14.1. The Labute approximate surface area is 83.1 Å². The van der Waals surface area contributed by atoms with Gasteiger partial charge in [0.05, 0.1) is 5.69 Å². The van der Waals surface area contributed by atoms with Crippen LogP contribution in [-0.4, -0.2) is 5.78 Å². The van der Waals surface area contributed by atoms with Gasteiger partial charge in [-0.25, -0.2) is 4.39 Å². The van der Waals surface area contributed by atoms with E-state index < -0.39 is 5.82 Å². The topological polar surface area (TPSA) is 43.1 Å². The first-order chi connectivity index (χ1) is 5.52. The van der Waals surface area contributed by atoms with Crippen molar-refractivity contribution < 1.29 is 9.18 Å². The van der Waals surface area contributed by atoms with Crippen molar-refractivity contribution in [3.63, 3.8) is 0 Å². The van der Waals surface area contributed by atoms with E-state index in [1.807, 2.05) is 22.6 Å². The van der Waals surface area contributed by atoms with Crippen molar-refractivity contribution in [2.24, 2.45) is 0 Å². The summed E-state index contributed by atoms with van der Waals surface area (Å²) in [7, 11) is 0. The van der Waals surface area contributed by atoms with Gasteiger partial charge in [0.25, 0.3) is 0 Å². The lowest BCUT2D eigenvalue weighted by atomic mass is 10.1. The molecule has 0 saturated carbocycles. The van der Waals surface area contributed by atoms with Crippen LogP contribution in [0.2, 0.25) is 0 Å². The van der Waals surface area contributed by atoms with Crippen LogP contribution in [0, 0.1) is 9.39 Å². The molecule has 1 aromatic rings. The maximum absolute atomic E-state index is 12.9. The van der Waals surface area contributed by atoms with Crippen LogP contribution in [0.4, 0.5) is 10.1 Å². The van der Waals surface area contributed by atoms with E-state index >= 15 is 0 Å². The molecule has 0 spiro atoms. The van der Waals surface area contributed by atoms with Crippen LogP contribution in [0.3, 0.4) is 0 Å². The van der Waals surface area contributed by atoms with Gasteiger partial charge in [0.1, 0.15) is 5.82 Å². The predicted octanol–water partition coefficient (Wildman–Crippen LogP) is 2.22. The molecule has 0 fully saturated rings. The number of rotatable bonds is 1. The van der Waals surface area contributed by atoms with Crippen molar-refractivity contribution in [1.82, 2.24) is 0 Å². The second-order valence-electron chi connectivity index (χ2n) is 2.41. The molecule has 0 heterocycles. The number of nitrogen functional groups attached to an aromatic ring is 1. The first-order valence-corrected chi connectivity index (χ1v) is 4.35. The summed E-state index contributed by atoms with van der Waals surface area (Å²) in [6.45, 7) is 1.36. The third-order valence-corrected chi connectivity index (χ3v) is 2.10. The molecule has 0 aliphatic heterocycles. The molecule has 2 nitrogen and oxygen atoms in total. The number of benzene rings is 1. The molecule has 12 heavy (non-hydrogen) atoms. The predicted molar refractivity (Wildman–Crippen MR) is 53.5 cm³/mol. The van der Waals surface area contributed by atoms with Gasteiger partial charge in [-0.05, 0) is 41.6 Å². The van der Waals surface area contributed by atoms with Gasteiger partial charge in [-0.1, -0.05) is 0 Å². The molecular weight excluding hydrogens is 272 g/mol. The summed E-state index contributed by atoms with van der Waals surface area (Å²) in [5, 5.41) is 0. The summed E-state index contributed by atoms with van der Waals surface area (Å²) in [4.78, 5) is 10.9. The molecule has 1 aromatic carbocycles. The summed E-state index contributed by atoms with van der Waals surface area (Å²) in [6.07, 6.45) is 0. The highest BCUT2D eigenvalue weighted by atomic mass is 127. The van der Waals surface area contributed by atoms with E-state index in [1.165, 1.54) is 13.0 Å². The minimum atomic E-state index is -0.535. The number of halogens is 2. The van der Waals surface area contributed by atoms with Gasteiger partial charge in [-0.3, -0.25) is 4.79 Å². The largest absolute Gasteiger partial charge is 0.396 e. The third-order valence-electron chi connectivity index (χ3n) is 1.47. The van der Waals surface area contributed by atoms with Crippen LogP contribution < -0.4 is 5.73 Å². The Bertz CT molecular complexity index is 338. The van der Waals surface area contributed by atoms with E-state index in [-0.39, 0.29) is 17.0 Å². The second kappa shape index (κ2) is 3.38. The minimum absolute atomic E-state index is 0.0667. The standard InChI is InChI=1S/C8H7FINO/c1-4(12)6-2-5(10)3-7(9)8(6)11/h2-3H,11H2,1H3. The summed E-state index contributed by atoms with van der Waals surface area (Å²) >= 11 is 1.93. The molecular formula is C8H7FINO. The highest BCUT2D eigenvalue weighted by Gasteiger charge is 2.09. The molecule has 0 atom stereocenters. The molecule has 0 saturated heterocycles. The molecule has 4 heteroatoms. The van der Waals surface area contributed by atoms with Crippen molar-refractivity contribution in [3.8, 4) is 0 Å². The van der Waals surface area contributed by atoms with Gasteiger partial charge in [0.2, 0.25) is 0 Å². The lowest BCUT2D eigenvalue weighted by Gasteiger charge is -2.03. The zero-order valence-electron chi connectivity index (χ0n) is 6.40. The molecule has 64 valence electrons. The van der Waals surface area contributed by atoms with E-state index in [0.717, 1.165) is 0 Å². The number of carbonyl (C=O) groups is 1. The maximum Gasteiger partial charge on any atom is 0.162 e. The van der Waals surface area contributed by atoms with Crippen molar-refractivity contribution >= 4 is 34.1 Å². The van der Waals surface area contributed by atoms with Crippen LogP contribution >= 0.6 is 22.6 Å². The molecule has 0 radical (unpaired) electrons. The zero-order chi connectivity index (χ0) is 9.30. The quantitative estimate of drug-likeness (QED) is 0.486. The van der Waals surface area contributed by atoms with Crippen molar-refractivity contribution in [3.05, 3.63) is 27.1 Å². The molecule has 1 rings (SSSR count). The molecule has 2 N–H and O–H groups in total. The van der Waals surface area contributed by atoms with E-state index in [4.69, 9.17) is 5.73 Å².